The molecule has 0 bridgehead atoms. The van der Waals surface area contributed by atoms with E-state index >= 15 is 0 Å². The second-order valence-corrected chi connectivity index (χ2v) is 6.05. The van der Waals surface area contributed by atoms with E-state index in [1.165, 1.54) is 0 Å². The van der Waals surface area contributed by atoms with Crippen LogP contribution in [0, 0.1) is 0 Å². The summed E-state index contributed by atoms with van der Waals surface area (Å²) in [5.41, 5.74) is 2.18. The Hall–Kier alpha value is -3.45. The maximum absolute atomic E-state index is 12.4. The third kappa shape index (κ3) is 5.02. The lowest BCUT2D eigenvalue weighted by atomic mass is 10.1. The molecule has 1 heterocycles. The normalized spacial score (nSPS) is 10.1. The number of rotatable bonds is 6. The fourth-order valence-corrected chi connectivity index (χ4v) is 2.70. The molecule has 3 aromatic rings. The zero-order valence-electron chi connectivity index (χ0n) is 14.2. The van der Waals surface area contributed by atoms with Crippen LogP contribution in [0.15, 0.2) is 83.5 Å². The first-order chi connectivity index (χ1) is 13.2. The number of hydrogen-bond acceptors (Lipinski definition) is 4. The van der Waals surface area contributed by atoms with Gasteiger partial charge in [-0.1, -0.05) is 30.3 Å². The number of hydrogen-bond donors (Lipinski definition) is 1. The summed E-state index contributed by atoms with van der Waals surface area (Å²) in [6.45, 7) is 0.147. The maximum atomic E-state index is 12.4. The summed E-state index contributed by atoms with van der Waals surface area (Å²) < 4.78 is 15.7. The fourth-order valence-electron chi connectivity index (χ4n) is 2.49. The van der Waals surface area contributed by atoms with E-state index in [1.54, 1.807) is 65.5 Å². The first kappa shape index (κ1) is 18.3. The van der Waals surface area contributed by atoms with Crippen LogP contribution in [-0.2, 0) is 18.0 Å². The quantitative estimate of drug-likeness (QED) is 0.529. The van der Waals surface area contributed by atoms with Gasteiger partial charge >= 0.3 is 0 Å². The molecule has 1 aromatic heterocycles. The highest BCUT2D eigenvalue weighted by Gasteiger charge is 2.15. The van der Waals surface area contributed by atoms with Crippen molar-refractivity contribution in [3.8, 4) is 0 Å². The van der Waals surface area contributed by atoms with E-state index in [2.05, 4.69) is 9.68 Å². The molecule has 7 heteroatoms. The highest BCUT2D eigenvalue weighted by atomic mass is 32.1. The number of carbonyl (C=O) groups is 2. The predicted molar refractivity (Wildman–Crippen MR) is 102 cm³/mol. The average molecular weight is 378 g/mol. The molecule has 0 spiro atoms. The molecule has 0 unspecified atom stereocenters. The molecule has 0 aliphatic heterocycles. The number of anilines is 1. The van der Waals surface area contributed by atoms with Crippen molar-refractivity contribution in [3.05, 3.63) is 90.3 Å². The lowest BCUT2D eigenvalue weighted by molar-refractivity contribution is -0.683. The van der Waals surface area contributed by atoms with E-state index in [0.717, 1.165) is 0 Å². The van der Waals surface area contributed by atoms with Crippen molar-refractivity contribution in [1.82, 2.24) is 0 Å². The molecule has 0 saturated heterocycles. The number of nitrogens with one attached hydrogen (secondary N) is 1. The Balaban J connectivity index is 1.70. The number of pyridine rings is 1. The lowest BCUT2D eigenvalue weighted by Crippen LogP contribution is -2.38. The highest BCUT2D eigenvalue weighted by Crippen LogP contribution is 2.16. The molecule has 1 N–H and O–H groups in total. The van der Waals surface area contributed by atoms with Crippen LogP contribution < -0.4 is 9.88 Å². The highest BCUT2D eigenvalue weighted by molar-refractivity contribution is 7.54. The van der Waals surface area contributed by atoms with Crippen molar-refractivity contribution in [2.45, 2.75) is 6.54 Å². The van der Waals surface area contributed by atoms with Crippen molar-refractivity contribution in [1.29, 1.82) is 0 Å². The number of ketones is 1. The first-order valence-electron chi connectivity index (χ1n) is 8.14. The van der Waals surface area contributed by atoms with Gasteiger partial charge in [0.2, 0.25) is 23.8 Å². The maximum Gasteiger partial charge on any atom is 0.261 e. The summed E-state index contributed by atoms with van der Waals surface area (Å²) in [5.74, 6) is -0.326. The van der Waals surface area contributed by atoms with E-state index < -0.39 is 0 Å². The largest absolute Gasteiger partial charge is 0.322 e. The van der Waals surface area contributed by atoms with Crippen molar-refractivity contribution < 1.29 is 18.4 Å². The molecule has 0 aliphatic carbocycles. The Kier molecular flexibility index (Phi) is 5.96. The molecular formula is C20H16N3O3S+. The SMILES string of the molecule is O=S=Nc1ccc(NC(=O)c2ccc[n+](CC(=O)c3ccccc3)c2)cc1. The lowest BCUT2D eigenvalue weighted by Gasteiger charge is -2.05. The molecule has 3 rings (SSSR count). The molecule has 0 aliphatic rings. The third-order valence-corrected chi connectivity index (χ3v) is 4.10. The Morgan fingerprint density at radius 3 is 2.33 bits per heavy atom. The Morgan fingerprint density at radius 1 is 0.926 bits per heavy atom. The predicted octanol–water partition coefficient (Wildman–Crippen LogP) is 3.14. The summed E-state index contributed by atoms with van der Waals surface area (Å²) in [6, 6.07) is 19.0. The molecule has 1 amide bonds. The summed E-state index contributed by atoms with van der Waals surface area (Å²) in [7, 11) is 0. The molecule has 0 fully saturated rings. The van der Waals surface area contributed by atoms with E-state index in [-0.39, 0.29) is 29.7 Å². The van der Waals surface area contributed by atoms with Gasteiger partial charge in [-0.3, -0.25) is 9.59 Å². The molecule has 134 valence electrons. The smallest absolute Gasteiger partial charge is 0.261 e. The van der Waals surface area contributed by atoms with Crippen LogP contribution in [0.2, 0.25) is 0 Å². The summed E-state index contributed by atoms with van der Waals surface area (Å²) in [6.07, 6.45) is 3.38. The minimum Gasteiger partial charge on any atom is -0.322 e. The minimum atomic E-state index is -0.292. The van der Waals surface area contributed by atoms with Gasteiger partial charge in [-0.25, -0.2) is 0 Å². The van der Waals surface area contributed by atoms with Crippen LogP contribution in [0.25, 0.3) is 0 Å². The zero-order valence-corrected chi connectivity index (χ0v) is 15.1. The Bertz CT molecular complexity index is 1010. The summed E-state index contributed by atoms with van der Waals surface area (Å²) in [4.78, 5) is 24.8. The number of amides is 1. The second-order valence-electron chi connectivity index (χ2n) is 5.72. The van der Waals surface area contributed by atoms with Gasteiger partial charge in [0, 0.05) is 17.3 Å². The van der Waals surface area contributed by atoms with E-state index in [4.69, 9.17) is 0 Å². The molecule has 6 nitrogen and oxygen atoms in total. The average Bonchev–Trinajstić information content (AvgIpc) is 2.70. The Labute approximate surface area is 159 Å². The number of carbonyl (C=O) groups excluding carboxylic acids is 2. The van der Waals surface area contributed by atoms with Gasteiger partial charge in [0.15, 0.2) is 12.4 Å². The number of Topliss-reactive ketones (excluding diaryl/α,β-unsaturated/α-hetero) is 1. The molecular weight excluding hydrogens is 362 g/mol. The van der Waals surface area contributed by atoms with E-state index in [0.29, 0.717) is 22.5 Å². The van der Waals surface area contributed by atoms with Crippen LogP contribution in [0.3, 0.4) is 0 Å². The minimum absolute atomic E-state index is 0.0336. The topological polar surface area (TPSA) is 79.5 Å². The van der Waals surface area contributed by atoms with Crippen molar-refractivity contribution in [2.24, 2.45) is 4.36 Å². The number of aromatic nitrogens is 1. The number of nitrogens with zero attached hydrogens (tertiary/aromatic N) is 2. The molecule has 2 aromatic carbocycles. The molecule has 0 atom stereocenters. The van der Waals surface area contributed by atoms with Crippen LogP contribution in [-0.4, -0.2) is 15.9 Å². The van der Waals surface area contributed by atoms with Gasteiger partial charge < -0.3 is 5.32 Å². The van der Waals surface area contributed by atoms with Gasteiger partial charge in [-0.15, -0.1) is 0 Å². The summed E-state index contributed by atoms with van der Waals surface area (Å²) >= 11 is 0.133. The van der Waals surface area contributed by atoms with Crippen LogP contribution in [0.1, 0.15) is 20.7 Å². The van der Waals surface area contributed by atoms with Gasteiger partial charge in [-0.05, 0) is 30.3 Å². The number of benzene rings is 2. The first-order valence-corrected chi connectivity index (χ1v) is 8.84. The van der Waals surface area contributed by atoms with Gasteiger partial charge in [0.25, 0.3) is 5.91 Å². The van der Waals surface area contributed by atoms with E-state index in [1.807, 2.05) is 18.2 Å². The van der Waals surface area contributed by atoms with Gasteiger partial charge in [-0.2, -0.15) is 13.1 Å². The van der Waals surface area contributed by atoms with Crippen LogP contribution >= 0.6 is 0 Å². The van der Waals surface area contributed by atoms with Crippen LogP contribution in [0.4, 0.5) is 11.4 Å². The zero-order chi connectivity index (χ0) is 19.1. The molecule has 0 radical (unpaired) electrons. The molecule has 0 saturated carbocycles. The van der Waals surface area contributed by atoms with Crippen molar-refractivity contribution in [3.63, 3.8) is 0 Å². The second kappa shape index (κ2) is 8.77. The monoisotopic (exact) mass is 378 g/mol. The van der Waals surface area contributed by atoms with Gasteiger partial charge in [0.1, 0.15) is 5.56 Å². The van der Waals surface area contributed by atoms with Crippen molar-refractivity contribution in [2.75, 3.05) is 5.32 Å². The third-order valence-electron chi connectivity index (χ3n) is 3.81. The van der Waals surface area contributed by atoms with E-state index in [9.17, 15) is 13.8 Å². The summed E-state index contributed by atoms with van der Waals surface area (Å²) in [5, 5.41) is 2.78. The fraction of sp³-hybridized carbons (Fsp3) is 0.0500. The van der Waals surface area contributed by atoms with Crippen molar-refractivity contribution >= 4 is 34.5 Å². The van der Waals surface area contributed by atoms with Crippen LogP contribution in [0.5, 0.6) is 0 Å². The molecule has 27 heavy (non-hydrogen) atoms. The standard InChI is InChI=1S/C20H15N3O3S/c24-19(15-5-2-1-3-6-15)14-23-12-4-7-16(13-23)20(25)21-17-8-10-18(11-9-17)22-27-26/h1-13H,14H2/p+1. The van der Waals surface area contributed by atoms with Gasteiger partial charge in [0.05, 0.1) is 5.69 Å². The Morgan fingerprint density at radius 2 is 1.63 bits per heavy atom.